The summed E-state index contributed by atoms with van der Waals surface area (Å²) < 4.78 is 0. The molecule has 0 aliphatic rings. The number of nitrogen functional groups attached to an aromatic ring is 1. The van der Waals surface area contributed by atoms with Crippen molar-refractivity contribution in [2.45, 2.75) is 43.8 Å². The summed E-state index contributed by atoms with van der Waals surface area (Å²) in [6.45, 7) is 6.58. The molecule has 0 amide bonds. The predicted molar refractivity (Wildman–Crippen MR) is 65.8 cm³/mol. The largest absolute Gasteiger partial charge is 0.398 e. The maximum Gasteiger partial charge on any atom is 0.0452 e. The highest BCUT2D eigenvalue weighted by Crippen LogP contribution is 2.31. The molecule has 0 aliphatic carbocycles. The molecule has 1 rings (SSSR count). The molecule has 0 fully saturated rings. The molecule has 1 unspecified atom stereocenters. The van der Waals surface area contributed by atoms with Gasteiger partial charge in [0.1, 0.15) is 0 Å². The highest BCUT2D eigenvalue weighted by Gasteiger charge is 2.06. The van der Waals surface area contributed by atoms with Gasteiger partial charge >= 0.3 is 0 Å². The number of hydrogen-bond donors (Lipinski definition) is 1. The molecule has 1 atom stereocenters. The van der Waals surface area contributed by atoms with Crippen molar-refractivity contribution in [3.05, 3.63) is 23.8 Å². The zero-order chi connectivity index (χ0) is 10.6. The van der Waals surface area contributed by atoms with Gasteiger partial charge in [-0.25, -0.2) is 0 Å². The normalized spacial score (nSPS) is 12.8. The maximum atomic E-state index is 5.91. The van der Waals surface area contributed by atoms with Crippen LogP contribution in [0.15, 0.2) is 23.1 Å². The molecular weight excluding hydrogens is 190 g/mol. The van der Waals surface area contributed by atoms with E-state index in [0.29, 0.717) is 5.25 Å². The van der Waals surface area contributed by atoms with Crippen molar-refractivity contribution in [2.24, 2.45) is 0 Å². The van der Waals surface area contributed by atoms with Crippen LogP contribution in [0.5, 0.6) is 0 Å². The fourth-order valence-corrected chi connectivity index (χ4v) is 2.67. The number of nitrogens with two attached hydrogens (primary N) is 1. The lowest BCUT2D eigenvalue weighted by atomic mass is 10.2. The van der Waals surface area contributed by atoms with Gasteiger partial charge in [-0.2, -0.15) is 0 Å². The van der Waals surface area contributed by atoms with Crippen molar-refractivity contribution >= 4 is 17.4 Å². The first-order valence-corrected chi connectivity index (χ1v) is 6.04. The maximum absolute atomic E-state index is 5.91. The summed E-state index contributed by atoms with van der Waals surface area (Å²) in [5, 5.41) is 0.657. The number of aryl methyl sites for hydroxylation is 1. The van der Waals surface area contributed by atoms with Crippen molar-refractivity contribution in [1.82, 2.24) is 0 Å². The highest BCUT2D eigenvalue weighted by molar-refractivity contribution is 8.00. The lowest BCUT2D eigenvalue weighted by molar-refractivity contribution is 0.787. The van der Waals surface area contributed by atoms with E-state index in [1.54, 1.807) is 0 Å². The first kappa shape index (κ1) is 11.4. The van der Waals surface area contributed by atoms with Crippen LogP contribution < -0.4 is 5.73 Å². The minimum atomic E-state index is 0.657. The van der Waals surface area contributed by atoms with Crippen LogP contribution in [0.2, 0.25) is 0 Å². The summed E-state index contributed by atoms with van der Waals surface area (Å²) in [7, 11) is 0. The van der Waals surface area contributed by atoms with E-state index in [1.807, 2.05) is 17.8 Å². The second-order valence-corrected chi connectivity index (χ2v) is 5.24. The zero-order valence-corrected chi connectivity index (χ0v) is 10.0. The summed E-state index contributed by atoms with van der Waals surface area (Å²) in [5.74, 6) is 0. The molecule has 0 spiro atoms. The van der Waals surface area contributed by atoms with Gasteiger partial charge in [0.2, 0.25) is 0 Å². The molecular formula is C12H19NS. The summed E-state index contributed by atoms with van der Waals surface area (Å²) >= 11 is 1.88. The third kappa shape index (κ3) is 3.26. The van der Waals surface area contributed by atoms with Gasteiger partial charge in [0.15, 0.2) is 0 Å². The SMILES string of the molecule is CCCC(C)Sc1cc(C)ccc1N. The third-order valence-electron chi connectivity index (χ3n) is 2.19. The smallest absolute Gasteiger partial charge is 0.0452 e. The molecule has 1 aromatic rings. The number of rotatable bonds is 4. The van der Waals surface area contributed by atoms with Crippen LogP contribution in [0, 0.1) is 6.92 Å². The van der Waals surface area contributed by atoms with Crippen LogP contribution in [0.4, 0.5) is 5.69 Å². The Morgan fingerprint density at radius 2 is 2.14 bits per heavy atom. The van der Waals surface area contributed by atoms with E-state index in [2.05, 4.69) is 32.9 Å². The molecule has 0 saturated heterocycles. The molecule has 2 heteroatoms. The quantitative estimate of drug-likeness (QED) is 0.602. The molecule has 0 aliphatic heterocycles. The number of hydrogen-bond acceptors (Lipinski definition) is 2. The van der Waals surface area contributed by atoms with Gasteiger partial charge < -0.3 is 5.73 Å². The Hall–Kier alpha value is -0.630. The van der Waals surface area contributed by atoms with Gasteiger partial charge in [-0.1, -0.05) is 26.3 Å². The topological polar surface area (TPSA) is 26.0 Å². The predicted octanol–water partition coefficient (Wildman–Crippen LogP) is 3.86. The zero-order valence-electron chi connectivity index (χ0n) is 9.21. The van der Waals surface area contributed by atoms with E-state index in [-0.39, 0.29) is 0 Å². The van der Waals surface area contributed by atoms with Crippen LogP contribution in [0.25, 0.3) is 0 Å². The number of anilines is 1. The average Bonchev–Trinajstić information content (AvgIpc) is 2.12. The molecule has 2 N–H and O–H groups in total. The minimum absolute atomic E-state index is 0.657. The van der Waals surface area contributed by atoms with Crippen LogP contribution in [-0.2, 0) is 0 Å². The Labute approximate surface area is 91.1 Å². The van der Waals surface area contributed by atoms with E-state index in [9.17, 15) is 0 Å². The van der Waals surface area contributed by atoms with E-state index >= 15 is 0 Å². The van der Waals surface area contributed by atoms with E-state index < -0.39 is 0 Å². The minimum Gasteiger partial charge on any atom is -0.398 e. The Morgan fingerprint density at radius 3 is 2.79 bits per heavy atom. The lowest BCUT2D eigenvalue weighted by Gasteiger charge is -2.12. The van der Waals surface area contributed by atoms with E-state index in [1.165, 1.54) is 23.3 Å². The summed E-state index contributed by atoms with van der Waals surface area (Å²) in [6.07, 6.45) is 2.48. The van der Waals surface area contributed by atoms with Crippen molar-refractivity contribution in [2.75, 3.05) is 5.73 Å². The second-order valence-electron chi connectivity index (χ2n) is 3.76. The molecule has 0 heterocycles. The average molecular weight is 209 g/mol. The van der Waals surface area contributed by atoms with Crippen molar-refractivity contribution < 1.29 is 0 Å². The number of thioether (sulfide) groups is 1. The molecule has 1 aromatic carbocycles. The first-order chi connectivity index (χ1) is 6.63. The van der Waals surface area contributed by atoms with Gasteiger partial charge in [0.25, 0.3) is 0 Å². The molecule has 14 heavy (non-hydrogen) atoms. The van der Waals surface area contributed by atoms with Crippen LogP contribution in [0.3, 0.4) is 0 Å². The van der Waals surface area contributed by atoms with Crippen molar-refractivity contribution in [3.8, 4) is 0 Å². The Balaban J connectivity index is 2.70. The lowest BCUT2D eigenvalue weighted by Crippen LogP contribution is -1.97. The second kappa shape index (κ2) is 5.30. The summed E-state index contributed by atoms with van der Waals surface area (Å²) in [6, 6.07) is 6.23. The molecule has 0 aromatic heterocycles. The molecule has 0 saturated carbocycles. The molecule has 0 radical (unpaired) electrons. The van der Waals surface area contributed by atoms with Gasteiger partial charge in [0, 0.05) is 15.8 Å². The third-order valence-corrected chi connectivity index (χ3v) is 3.44. The number of benzene rings is 1. The summed E-state index contributed by atoms with van der Waals surface area (Å²) in [5.41, 5.74) is 8.10. The van der Waals surface area contributed by atoms with Gasteiger partial charge in [-0.15, -0.1) is 11.8 Å². The fraction of sp³-hybridized carbons (Fsp3) is 0.500. The van der Waals surface area contributed by atoms with Crippen LogP contribution in [-0.4, -0.2) is 5.25 Å². The molecule has 78 valence electrons. The standard InChI is InChI=1S/C12H19NS/c1-4-5-10(3)14-12-8-9(2)6-7-11(12)13/h6-8,10H,4-5,13H2,1-3H3. The fourth-order valence-electron chi connectivity index (χ4n) is 1.43. The van der Waals surface area contributed by atoms with Gasteiger partial charge in [-0.3, -0.25) is 0 Å². The van der Waals surface area contributed by atoms with Crippen molar-refractivity contribution in [3.63, 3.8) is 0 Å². The molecule has 1 nitrogen and oxygen atoms in total. The monoisotopic (exact) mass is 209 g/mol. The van der Waals surface area contributed by atoms with Crippen molar-refractivity contribution in [1.29, 1.82) is 0 Å². The Morgan fingerprint density at radius 1 is 1.43 bits per heavy atom. The summed E-state index contributed by atoms with van der Waals surface area (Å²) in [4.78, 5) is 1.23. The Bertz CT molecular complexity index is 296. The first-order valence-electron chi connectivity index (χ1n) is 5.16. The van der Waals surface area contributed by atoms with E-state index in [0.717, 1.165) is 5.69 Å². The van der Waals surface area contributed by atoms with Gasteiger partial charge in [0.05, 0.1) is 0 Å². The highest BCUT2D eigenvalue weighted by atomic mass is 32.2. The molecule has 0 bridgehead atoms. The van der Waals surface area contributed by atoms with E-state index in [4.69, 9.17) is 5.73 Å². The van der Waals surface area contributed by atoms with Crippen LogP contribution in [0.1, 0.15) is 32.3 Å². The van der Waals surface area contributed by atoms with Crippen LogP contribution >= 0.6 is 11.8 Å². The Kier molecular flexibility index (Phi) is 4.33. The van der Waals surface area contributed by atoms with Gasteiger partial charge in [-0.05, 0) is 31.0 Å².